The van der Waals surface area contributed by atoms with Crippen LogP contribution in [0, 0.1) is 0 Å². The Kier molecular flexibility index (Phi) is 6.50. The summed E-state index contributed by atoms with van der Waals surface area (Å²) < 4.78 is 11.9. The Bertz CT molecular complexity index is 1120. The largest absolute Gasteiger partial charge is 0.462 e. The van der Waals surface area contributed by atoms with Crippen LogP contribution < -0.4 is 5.56 Å². The molecule has 0 fully saturated rings. The lowest BCUT2D eigenvalue weighted by atomic mass is 10.2. The molecule has 0 N–H and O–H groups in total. The number of hydrogen-bond acceptors (Lipinski definition) is 8. The molecular weight excluding hydrogens is 422 g/mol. The van der Waals surface area contributed by atoms with Crippen LogP contribution in [0.2, 0.25) is 0 Å². The van der Waals surface area contributed by atoms with E-state index in [-0.39, 0.29) is 5.56 Å². The summed E-state index contributed by atoms with van der Waals surface area (Å²) in [7, 11) is 1.65. The molecule has 0 unspecified atom stereocenters. The van der Waals surface area contributed by atoms with Gasteiger partial charge in [-0.1, -0.05) is 0 Å². The number of carbonyl (C=O) groups excluding carboxylic acids is 1. The van der Waals surface area contributed by atoms with Gasteiger partial charge in [0.15, 0.2) is 5.16 Å². The molecule has 0 bridgehead atoms. The molecule has 0 amide bonds. The molecular formula is C21H23N3O4S2. The molecule has 3 aromatic rings. The minimum Gasteiger partial charge on any atom is -0.462 e. The van der Waals surface area contributed by atoms with Gasteiger partial charge in [-0.15, -0.1) is 11.3 Å². The predicted molar refractivity (Wildman–Crippen MR) is 117 cm³/mol. The van der Waals surface area contributed by atoms with Crippen LogP contribution in [0.5, 0.6) is 0 Å². The monoisotopic (exact) mass is 445 g/mol. The summed E-state index contributed by atoms with van der Waals surface area (Å²) in [6.45, 7) is 3.19. The molecule has 30 heavy (non-hydrogen) atoms. The molecule has 0 aliphatic heterocycles. The molecule has 0 atom stereocenters. The van der Waals surface area contributed by atoms with Crippen molar-refractivity contribution in [1.82, 2.24) is 14.5 Å². The van der Waals surface area contributed by atoms with Crippen LogP contribution in [0.15, 0.2) is 33.3 Å². The molecule has 0 radical (unpaired) electrons. The summed E-state index contributed by atoms with van der Waals surface area (Å²) in [5.74, 6) is -0.398. The van der Waals surface area contributed by atoms with Gasteiger partial charge in [-0.25, -0.2) is 14.8 Å². The summed E-state index contributed by atoms with van der Waals surface area (Å²) >= 11 is 2.96. The van der Waals surface area contributed by atoms with Gasteiger partial charge < -0.3 is 9.47 Å². The Hall–Kier alpha value is -2.23. The van der Waals surface area contributed by atoms with E-state index in [1.165, 1.54) is 28.4 Å². The quantitative estimate of drug-likeness (QED) is 0.297. The molecule has 7 nitrogen and oxygen atoms in total. The summed E-state index contributed by atoms with van der Waals surface area (Å²) in [6.07, 6.45) is 5.30. The summed E-state index contributed by atoms with van der Waals surface area (Å²) in [4.78, 5) is 36.5. The number of rotatable bonds is 8. The van der Waals surface area contributed by atoms with E-state index in [2.05, 4.69) is 4.98 Å². The summed E-state index contributed by atoms with van der Waals surface area (Å²) in [5, 5.41) is 2.05. The molecule has 1 aliphatic rings. The van der Waals surface area contributed by atoms with E-state index >= 15 is 0 Å². The summed E-state index contributed by atoms with van der Waals surface area (Å²) in [6, 6.07) is 3.43. The van der Waals surface area contributed by atoms with Crippen LogP contribution in [-0.4, -0.2) is 40.8 Å². The molecule has 4 rings (SSSR count). The third-order valence-electron chi connectivity index (χ3n) is 4.96. The Morgan fingerprint density at radius 3 is 2.93 bits per heavy atom. The van der Waals surface area contributed by atoms with Crippen LogP contribution in [0.4, 0.5) is 0 Å². The van der Waals surface area contributed by atoms with Gasteiger partial charge in [-0.2, -0.15) is 0 Å². The highest BCUT2D eigenvalue weighted by molar-refractivity contribution is 7.99. The van der Waals surface area contributed by atoms with Crippen molar-refractivity contribution in [2.75, 3.05) is 20.3 Å². The molecule has 158 valence electrons. The lowest BCUT2D eigenvalue weighted by Crippen LogP contribution is -2.24. The molecule has 0 aromatic carbocycles. The second-order valence-electron chi connectivity index (χ2n) is 6.94. The lowest BCUT2D eigenvalue weighted by molar-refractivity contribution is 0.0525. The maximum Gasteiger partial charge on any atom is 0.339 e. The van der Waals surface area contributed by atoms with E-state index in [0.717, 1.165) is 35.9 Å². The first-order chi connectivity index (χ1) is 14.6. The molecule has 1 aliphatic carbocycles. The number of ether oxygens (including phenoxy) is 2. The third-order valence-corrected chi connectivity index (χ3v) is 7.09. The number of methoxy groups -OCH3 is 1. The second-order valence-corrected chi connectivity index (χ2v) is 9.01. The first kappa shape index (κ1) is 21.0. The zero-order chi connectivity index (χ0) is 21.1. The van der Waals surface area contributed by atoms with Crippen LogP contribution >= 0.6 is 23.1 Å². The maximum atomic E-state index is 13.4. The molecule has 0 spiro atoms. The highest BCUT2D eigenvalue weighted by atomic mass is 32.2. The van der Waals surface area contributed by atoms with Crippen molar-refractivity contribution < 1.29 is 14.3 Å². The van der Waals surface area contributed by atoms with Crippen LogP contribution in [0.3, 0.4) is 0 Å². The van der Waals surface area contributed by atoms with Gasteiger partial charge in [-0.05, 0) is 62.1 Å². The number of aryl methyl sites for hydroxylation is 2. The van der Waals surface area contributed by atoms with E-state index in [1.807, 2.05) is 0 Å². The minimum atomic E-state index is -0.398. The van der Waals surface area contributed by atoms with Crippen molar-refractivity contribution >= 4 is 39.3 Å². The van der Waals surface area contributed by atoms with E-state index in [1.54, 1.807) is 42.1 Å². The lowest BCUT2D eigenvalue weighted by Gasteiger charge is -2.12. The molecule has 0 saturated heterocycles. The normalized spacial score (nSPS) is 13.0. The maximum absolute atomic E-state index is 13.4. The number of thiophene rings is 1. The number of carbonyl (C=O) groups is 1. The topological polar surface area (TPSA) is 83.3 Å². The van der Waals surface area contributed by atoms with Crippen molar-refractivity contribution in [2.45, 2.75) is 49.3 Å². The predicted octanol–water partition coefficient (Wildman–Crippen LogP) is 3.71. The Balaban J connectivity index is 1.69. The van der Waals surface area contributed by atoms with Crippen LogP contribution in [-0.2, 0) is 28.9 Å². The number of esters is 1. The van der Waals surface area contributed by atoms with E-state index in [0.29, 0.717) is 35.5 Å². The smallest absolute Gasteiger partial charge is 0.339 e. The molecule has 3 aromatic heterocycles. The van der Waals surface area contributed by atoms with Crippen LogP contribution in [0.1, 0.15) is 40.6 Å². The first-order valence-electron chi connectivity index (χ1n) is 9.97. The van der Waals surface area contributed by atoms with Gasteiger partial charge in [-0.3, -0.25) is 9.36 Å². The van der Waals surface area contributed by atoms with Gasteiger partial charge >= 0.3 is 5.97 Å². The number of aromatic nitrogens is 3. The van der Waals surface area contributed by atoms with Crippen molar-refractivity contribution in [3.63, 3.8) is 0 Å². The fourth-order valence-corrected chi connectivity index (χ4v) is 5.73. The average molecular weight is 446 g/mol. The van der Waals surface area contributed by atoms with Gasteiger partial charge in [0.1, 0.15) is 9.86 Å². The van der Waals surface area contributed by atoms with Crippen molar-refractivity contribution in [1.29, 1.82) is 0 Å². The summed E-state index contributed by atoms with van der Waals surface area (Å²) in [5.41, 5.74) is 1.60. The van der Waals surface area contributed by atoms with Gasteiger partial charge in [0, 0.05) is 31.3 Å². The van der Waals surface area contributed by atoms with Gasteiger partial charge in [0.25, 0.3) is 5.56 Å². The zero-order valence-corrected chi connectivity index (χ0v) is 18.6. The number of pyridine rings is 1. The minimum absolute atomic E-state index is 0.0150. The van der Waals surface area contributed by atoms with E-state index < -0.39 is 5.97 Å². The average Bonchev–Trinajstić information content (AvgIpc) is 3.32. The Morgan fingerprint density at radius 1 is 1.33 bits per heavy atom. The van der Waals surface area contributed by atoms with E-state index in [4.69, 9.17) is 14.5 Å². The highest BCUT2D eigenvalue weighted by Crippen LogP contribution is 2.36. The number of fused-ring (bicyclic) bond motifs is 3. The third kappa shape index (κ3) is 4.14. The van der Waals surface area contributed by atoms with Crippen molar-refractivity contribution in [2.24, 2.45) is 0 Å². The fourth-order valence-electron chi connectivity index (χ4n) is 3.57. The standard InChI is InChI=1S/C21H23N3O4S2/c1-3-28-20(26)13-8-9-16(22-12-13)30-21-23-18-17(14-6-4-7-15(14)29-18)19(25)24(21)10-5-11-27-2/h8-9,12H,3-7,10-11H2,1-2H3. The van der Waals surface area contributed by atoms with Gasteiger partial charge in [0.2, 0.25) is 0 Å². The van der Waals surface area contributed by atoms with E-state index in [9.17, 15) is 9.59 Å². The Labute approximate surface area is 182 Å². The molecule has 0 saturated carbocycles. The second kappa shape index (κ2) is 9.28. The van der Waals surface area contributed by atoms with Gasteiger partial charge in [0.05, 0.1) is 17.6 Å². The van der Waals surface area contributed by atoms with Crippen molar-refractivity contribution in [3.8, 4) is 0 Å². The van der Waals surface area contributed by atoms with Crippen LogP contribution in [0.25, 0.3) is 10.2 Å². The van der Waals surface area contributed by atoms with Crippen molar-refractivity contribution in [3.05, 3.63) is 44.7 Å². The number of hydrogen-bond donors (Lipinski definition) is 0. The first-order valence-corrected chi connectivity index (χ1v) is 11.6. The fraction of sp³-hybridized carbons (Fsp3) is 0.429. The number of nitrogens with zero attached hydrogens (tertiary/aromatic N) is 3. The molecule has 3 heterocycles. The molecule has 9 heteroatoms. The SMILES string of the molecule is CCOC(=O)c1ccc(Sc2nc3sc4c(c3c(=O)n2CCCOC)CCC4)nc1. The zero-order valence-electron chi connectivity index (χ0n) is 17.0. The Morgan fingerprint density at radius 2 is 2.20 bits per heavy atom. The highest BCUT2D eigenvalue weighted by Gasteiger charge is 2.23.